The average Bonchev–Trinajstić information content (AvgIpc) is 2.89. The number of hydrogen-bond donors (Lipinski definition) is 1. The number of benzene rings is 3. The maximum Gasteiger partial charge on any atom is 0.339 e. The van der Waals surface area contributed by atoms with Gasteiger partial charge in [-0.3, -0.25) is 9.59 Å². The molecule has 0 bridgehead atoms. The summed E-state index contributed by atoms with van der Waals surface area (Å²) in [6, 6.07) is 16.9. The van der Waals surface area contributed by atoms with Crippen LogP contribution in [0.15, 0.2) is 71.6 Å². The van der Waals surface area contributed by atoms with E-state index in [1.807, 2.05) is 0 Å². The number of carbonyl (C=O) groups excluding carboxylic acids is 3. The van der Waals surface area contributed by atoms with Gasteiger partial charge in [0.2, 0.25) is 10.0 Å². The Kier molecular flexibility index (Phi) is 9.20. The first-order chi connectivity index (χ1) is 17.6. The lowest BCUT2D eigenvalue weighted by Crippen LogP contribution is -2.31. The van der Waals surface area contributed by atoms with Crippen LogP contribution in [0, 0.1) is 6.92 Å². The van der Waals surface area contributed by atoms with Crippen LogP contribution in [0.2, 0.25) is 5.02 Å². The fourth-order valence-electron chi connectivity index (χ4n) is 3.68. The number of carbonyl (C=O) groups is 3. The second-order valence-corrected chi connectivity index (χ2v) is 10.4. The Bertz CT molecular complexity index is 1420. The third-order valence-corrected chi connectivity index (χ3v) is 8.07. The summed E-state index contributed by atoms with van der Waals surface area (Å²) in [5.41, 5.74) is 1.27. The molecule has 194 valence electrons. The minimum Gasteiger partial charge on any atom is -0.452 e. The molecule has 0 spiro atoms. The highest BCUT2D eigenvalue weighted by Gasteiger charge is 2.24. The maximum atomic E-state index is 12.9. The summed E-state index contributed by atoms with van der Waals surface area (Å²) in [4.78, 5) is 38.2. The molecule has 0 fully saturated rings. The van der Waals surface area contributed by atoms with Gasteiger partial charge in [-0.1, -0.05) is 49.7 Å². The second-order valence-electron chi connectivity index (χ2n) is 8.08. The first-order valence-electron chi connectivity index (χ1n) is 11.6. The van der Waals surface area contributed by atoms with Gasteiger partial charge in [0.05, 0.1) is 10.5 Å². The molecule has 0 saturated carbocycles. The average molecular weight is 543 g/mol. The van der Waals surface area contributed by atoms with Crippen molar-refractivity contribution in [3.8, 4) is 0 Å². The highest BCUT2D eigenvalue weighted by atomic mass is 35.5. The number of anilines is 1. The third-order valence-electron chi connectivity index (χ3n) is 5.63. The molecule has 0 aromatic heterocycles. The van der Waals surface area contributed by atoms with E-state index in [1.165, 1.54) is 22.5 Å². The van der Waals surface area contributed by atoms with Crippen molar-refractivity contribution in [1.82, 2.24) is 4.31 Å². The number of rotatable bonds is 10. The van der Waals surface area contributed by atoms with Gasteiger partial charge in [0.25, 0.3) is 5.91 Å². The molecule has 0 aliphatic heterocycles. The summed E-state index contributed by atoms with van der Waals surface area (Å²) in [6.45, 7) is 5.16. The lowest BCUT2D eigenvalue weighted by atomic mass is 9.98. The van der Waals surface area contributed by atoms with E-state index in [0.717, 1.165) is 0 Å². The first kappa shape index (κ1) is 28.0. The summed E-state index contributed by atoms with van der Waals surface area (Å²) in [7, 11) is -3.73. The third kappa shape index (κ3) is 6.62. The van der Waals surface area contributed by atoms with Crippen molar-refractivity contribution in [3.63, 3.8) is 0 Å². The van der Waals surface area contributed by atoms with Gasteiger partial charge < -0.3 is 10.1 Å². The Morgan fingerprint density at radius 3 is 2.16 bits per heavy atom. The van der Waals surface area contributed by atoms with E-state index in [0.29, 0.717) is 29.2 Å². The van der Waals surface area contributed by atoms with E-state index < -0.39 is 34.3 Å². The molecule has 0 radical (unpaired) electrons. The van der Waals surface area contributed by atoms with E-state index in [9.17, 15) is 22.8 Å². The van der Waals surface area contributed by atoms with Gasteiger partial charge in [0, 0.05) is 34.9 Å². The normalized spacial score (nSPS) is 11.3. The predicted molar refractivity (Wildman–Crippen MR) is 142 cm³/mol. The van der Waals surface area contributed by atoms with Crippen molar-refractivity contribution in [3.05, 3.63) is 94.0 Å². The van der Waals surface area contributed by atoms with Crippen molar-refractivity contribution < 1.29 is 27.5 Å². The van der Waals surface area contributed by atoms with Crippen molar-refractivity contribution in [1.29, 1.82) is 0 Å². The van der Waals surface area contributed by atoms with Gasteiger partial charge in [-0.15, -0.1) is 0 Å². The lowest BCUT2D eigenvalue weighted by molar-refractivity contribution is -0.119. The lowest BCUT2D eigenvalue weighted by Gasteiger charge is -2.20. The molecule has 0 saturated heterocycles. The molecular weight excluding hydrogens is 516 g/mol. The molecule has 0 heterocycles. The molecular formula is C27H27ClN2O6S. The van der Waals surface area contributed by atoms with Crippen molar-refractivity contribution in [2.75, 3.05) is 25.0 Å². The standard InChI is InChI=1S/C27H27ClN2O6S/c1-4-30(5-2)37(34,35)24-16-21(15-10-18(24)3)29-25(31)17-36-27(33)23-9-7-6-8-22(23)26(32)19-11-13-20(28)14-12-19/h6-16H,4-5,17H2,1-3H3,(H,29,31). The Balaban J connectivity index is 1.71. The number of nitrogens with one attached hydrogen (secondary N) is 1. The molecule has 1 amide bonds. The van der Waals surface area contributed by atoms with Crippen LogP contribution < -0.4 is 5.32 Å². The minimum atomic E-state index is -3.73. The van der Waals surface area contributed by atoms with Gasteiger partial charge in [-0.2, -0.15) is 4.31 Å². The quantitative estimate of drug-likeness (QED) is 0.293. The summed E-state index contributed by atoms with van der Waals surface area (Å²) in [5.74, 6) is -1.90. The molecule has 0 aliphatic carbocycles. The van der Waals surface area contributed by atoms with Gasteiger partial charge >= 0.3 is 5.97 Å². The van der Waals surface area contributed by atoms with E-state index >= 15 is 0 Å². The Morgan fingerprint density at radius 2 is 1.54 bits per heavy atom. The van der Waals surface area contributed by atoms with Gasteiger partial charge in [-0.25, -0.2) is 13.2 Å². The monoisotopic (exact) mass is 542 g/mol. The number of aryl methyl sites for hydroxylation is 1. The zero-order valence-corrected chi connectivity index (χ0v) is 22.2. The van der Waals surface area contributed by atoms with Crippen molar-refractivity contribution in [2.45, 2.75) is 25.7 Å². The van der Waals surface area contributed by atoms with E-state index in [2.05, 4.69) is 5.32 Å². The number of ketones is 1. The summed E-state index contributed by atoms with van der Waals surface area (Å²) in [5, 5.41) is 3.03. The number of halogens is 1. The van der Waals surface area contributed by atoms with Gasteiger partial charge in [0.1, 0.15) is 0 Å². The van der Waals surface area contributed by atoms with E-state index in [1.54, 1.807) is 69.3 Å². The van der Waals surface area contributed by atoms with Crippen molar-refractivity contribution >= 4 is 45.0 Å². The smallest absolute Gasteiger partial charge is 0.339 e. The fourth-order valence-corrected chi connectivity index (χ4v) is 5.51. The summed E-state index contributed by atoms with van der Waals surface area (Å²) >= 11 is 5.88. The first-order valence-corrected chi connectivity index (χ1v) is 13.4. The number of amides is 1. The number of nitrogens with zero attached hydrogens (tertiary/aromatic N) is 1. The number of hydrogen-bond acceptors (Lipinski definition) is 6. The molecule has 8 nitrogen and oxygen atoms in total. The van der Waals surface area contributed by atoms with Crippen LogP contribution in [-0.2, 0) is 19.6 Å². The van der Waals surface area contributed by atoms with Gasteiger partial charge in [0.15, 0.2) is 12.4 Å². The molecule has 1 N–H and O–H groups in total. The molecule has 0 unspecified atom stereocenters. The number of sulfonamides is 1. The molecule has 3 aromatic rings. The van der Waals surface area contributed by atoms with Crippen LogP contribution in [-0.4, -0.2) is 50.1 Å². The largest absolute Gasteiger partial charge is 0.452 e. The minimum absolute atomic E-state index is 0.0122. The Hall–Kier alpha value is -3.53. The molecule has 3 rings (SSSR count). The Morgan fingerprint density at radius 1 is 0.919 bits per heavy atom. The van der Waals surface area contributed by atoms with Crippen molar-refractivity contribution in [2.24, 2.45) is 0 Å². The topological polar surface area (TPSA) is 110 Å². The van der Waals surface area contributed by atoms with Crippen LogP contribution in [0.1, 0.15) is 45.7 Å². The summed E-state index contributed by atoms with van der Waals surface area (Å²) < 4.78 is 32.4. The summed E-state index contributed by atoms with van der Waals surface area (Å²) in [6.07, 6.45) is 0. The van der Waals surface area contributed by atoms with Crippen LogP contribution >= 0.6 is 11.6 Å². The molecule has 0 atom stereocenters. The zero-order valence-electron chi connectivity index (χ0n) is 20.7. The fraction of sp³-hybridized carbons (Fsp3) is 0.222. The molecule has 3 aromatic carbocycles. The van der Waals surface area contributed by atoms with E-state index in [4.69, 9.17) is 16.3 Å². The molecule has 10 heteroatoms. The SMILES string of the molecule is CCN(CC)S(=O)(=O)c1cc(NC(=O)COC(=O)c2ccccc2C(=O)c2ccc(Cl)cc2)ccc1C. The molecule has 0 aliphatic rings. The number of ether oxygens (including phenoxy) is 1. The predicted octanol–water partition coefficient (Wildman–Crippen LogP) is 4.71. The second kappa shape index (κ2) is 12.1. The van der Waals surface area contributed by atoms with Crippen LogP contribution in [0.3, 0.4) is 0 Å². The van der Waals surface area contributed by atoms with Crippen LogP contribution in [0.5, 0.6) is 0 Å². The van der Waals surface area contributed by atoms with E-state index in [-0.39, 0.29) is 21.7 Å². The van der Waals surface area contributed by atoms with Crippen LogP contribution in [0.25, 0.3) is 0 Å². The maximum absolute atomic E-state index is 12.9. The van der Waals surface area contributed by atoms with Gasteiger partial charge in [-0.05, 0) is 55.0 Å². The highest BCUT2D eigenvalue weighted by molar-refractivity contribution is 7.89. The number of esters is 1. The van der Waals surface area contributed by atoms with Crippen LogP contribution in [0.4, 0.5) is 5.69 Å². The highest BCUT2D eigenvalue weighted by Crippen LogP contribution is 2.24. The Labute approximate surface area is 221 Å². The molecule has 37 heavy (non-hydrogen) atoms. The zero-order chi connectivity index (χ0) is 27.2.